The standard InChI is InChI=1S/C26H29Cl2N3O5/c1-34-19-6-4-17(23(28)24(19)36-3)5-7-22(32)31-13-10-26(16-31)8-11-30(12-9-26)25(33)18-14-20(27)29-21(15-18)35-2/h4-7,14-15H,8-13,16H2,1-3H3/b7-5+. The van der Waals surface area contributed by atoms with Crippen molar-refractivity contribution < 1.29 is 23.8 Å². The van der Waals surface area contributed by atoms with E-state index in [1.54, 1.807) is 43.5 Å². The molecule has 0 N–H and O–H groups in total. The summed E-state index contributed by atoms with van der Waals surface area (Å²) < 4.78 is 15.7. The third kappa shape index (κ3) is 5.39. The molecule has 2 fully saturated rings. The molecule has 0 aliphatic carbocycles. The van der Waals surface area contributed by atoms with Crippen LogP contribution in [0.25, 0.3) is 6.08 Å². The minimum absolute atomic E-state index is 0.0227. The van der Waals surface area contributed by atoms with Gasteiger partial charge in [-0.1, -0.05) is 23.2 Å². The number of methoxy groups -OCH3 is 3. The van der Waals surface area contributed by atoms with Crippen LogP contribution < -0.4 is 14.2 Å². The molecule has 1 spiro atoms. The van der Waals surface area contributed by atoms with Crippen molar-refractivity contribution in [1.29, 1.82) is 0 Å². The van der Waals surface area contributed by atoms with Gasteiger partial charge in [0.15, 0.2) is 11.5 Å². The monoisotopic (exact) mass is 533 g/mol. The van der Waals surface area contributed by atoms with Crippen LogP contribution in [-0.2, 0) is 4.79 Å². The second kappa shape index (κ2) is 11.0. The van der Waals surface area contributed by atoms with Crippen LogP contribution in [0.1, 0.15) is 35.2 Å². The fourth-order valence-corrected chi connectivity index (χ4v) is 5.40. The Morgan fingerprint density at radius 2 is 1.67 bits per heavy atom. The summed E-state index contributed by atoms with van der Waals surface area (Å²) in [7, 11) is 4.55. The first kappa shape index (κ1) is 26.1. The number of hydrogen-bond acceptors (Lipinski definition) is 6. The van der Waals surface area contributed by atoms with Crippen LogP contribution in [0.3, 0.4) is 0 Å². The molecule has 4 rings (SSSR count). The molecule has 3 heterocycles. The van der Waals surface area contributed by atoms with E-state index in [-0.39, 0.29) is 22.4 Å². The van der Waals surface area contributed by atoms with E-state index in [1.165, 1.54) is 14.2 Å². The molecule has 10 heteroatoms. The number of carbonyl (C=O) groups excluding carboxylic acids is 2. The Bertz CT molecular complexity index is 1180. The zero-order chi connectivity index (χ0) is 25.9. The second-order valence-corrected chi connectivity index (χ2v) is 9.83. The lowest BCUT2D eigenvalue weighted by molar-refractivity contribution is -0.125. The van der Waals surface area contributed by atoms with Gasteiger partial charge in [-0.15, -0.1) is 0 Å². The number of halogens is 2. The van der Waals surface area contributed by atoms with Crippen LogP contribution >= 0.6 is 23.2 Å². The van der Waals surface area contributed by atoms with E-state index in [2.05, 4.69) is 4.98 Å². The molecule has 0 radical (unpaired) electrons. The number of amides is 2. The topological polar surface area (TPSA) is 81.2 Å². The number of carbonyl (C=O) groups is 2. The number of piperidine rings is 1. The Morgan fingerprint density at radius 3 is 2.31 bits per heavy atom. The van der Waals surface area contributed by atoms with Gasteiger partial charge in [0.1, 0.15) is 5.15 Å². The molecular formula is C26H29Cl2N3O5. The van der Waals surface area contributed by atoms with Crippen molar-refractivity contribution in [1.82, 2.24) is 14.8 Å². The molecule has 0 atom stereocenters. The van der Waals surface area contributed by atoms with Crippen molar-refractivity contribution in [3.05, 3.63) is 51.6 Å². The van der Waals surface area contributed by atoms with Gasteiger partial charge < -0.3 is 24.0 Å². The molecule has 2 aliphatic heterocycles. The zero-order valence-electron chi connectivity index (χ0n) is 20.6. The normalized spacial score (nSPS) is 17.0. The third-order valence-electron chi connectivity index (χ3n) is 7.01. The number of nitrogens with zero attached hydrogens (tertiary/aromatic N) is 3. The number of likely N-dealkylation sites (tertiary alicyclic amines) is 2. The summed E-state index contributed by atoms with van der Waals surface area (Å²) >= 11 is 12.5. The van der Waals surface area contributed by atoms with Gasteiger partial charge in [-0.3, -0.25) is 9.59 Å². The predicted molar refractivity (Wildman–Crippen MR) is 138 cm³/mol. The highest BCUT2D eigenvalue weighted by molar-refractivity contribution is 6.34. The van der Waals surface area contributed by atoms with Crippen molar-refractivity contribution in [2.24, 2.45) is 5.41 Å². The van der Waals surface area contributed by atoms with Gasteiger partial charge in [-0.25, -0.2) is 4.98 Å². The molecule has 0 bridgehead atoms. The van der Waals surface area contributed by atoms with Crippen molar-refractivity contribution in [3.63, 3.8) is 0 Å². The van der Waals surface area contributed by atoms with Crippen LogP contribution in [0.2, 0.25) is 10.2 Å². The molecule has 192 valence electrons. The van der Waals surface area contributed by atoms with Crippen molar-refractivity contribution in [3.8, 4) is 17.4 Å². The largest absolute Gasteiger partial charge is 0.493 e. The molecule has 2 saturated heterocycles. The van der Waals surface area contributed by atoms with Gasteiger partial charge in [-0.05, 0) is 54.5 Å². The predicted octanol–water partition coefficient (Wildman–Crippen LogP) is 4.58. The molecule has 2 aromatic rings. The Labute approximate surface area is 220 Å². The zero-order valence-corrected chi connectivity index (χ0v) is 22.1. The van der Waals surface area contributed by atoms with E-state index < -0.39 is 0 Å². The summed E-state index contributed by atoms with van der Waals surface area (Å²) in [5.41, 5.74) is 1.16. The smallest absolute Gasteiger partial charge is 0.254 e. The summed E-state index contributed by atoms with van der Waals surface area (Å²) in [6.45, 7) is 2.61. The van der Waals surface area contributed by atoms with E-state index in [1.807, 2.05) is 9.80 Å². The van der Waals surface area contributed by atoms with E-state index >= 15 is 0 Å². The number of pyridine rings is 1. The van der Waals surface area contributed by atoms with Gasteiger partial charge in [0.2, 0.25) is 11.8 Å². The molecule has 8 nitrogen and oxygen atoms in total. The van der Waals surface area contributed by atoms with E-state index in [0.717, 1.165) is 19.3 Å². The summed E-state index contributed by atoms with van der Waals surface area (Å²) in [5.74, 6) is 1.13. The maximum Gasteiger partial charge on any atom is 0.254 e. The fraction of sp³-hybridized carbons (Fsp3) is 0.423. The van der Waals surface area contributed by atoms with E-state index in [0.29, 0.717) is 59.7 Å². The van der Waals surface area contributed by atoms with Crippen molar-refractivity contribution in [2.45, 2.75) is 19.3 Å². The molecule has 2 aliphatic rings. The minimum atomic E-state index is -0.0897. The first-order chi connectivity index (χ1) is 17.3. The Balaban J connectivity index is 1.36. The lowest BCUT2D eigenvalue weighted by atomic mass is 9.77. The van der Waals surface area contributed by atoms with Crippen LogP contribution in [0.4, 0.5) is 0 Å². The average molecular weight is 534 g/mol. The van der Waals surface area contributed by atoms with Crippen LogP contribution in [0.5, 0.6) is 17.4 Å². The Hall–Kier alpha value is -2.97. The quantitative estimate of drug-likeness (QED) is 0.399. The van der Waals surface area contributed by atoms with Crippen molar-refractivity contribution >= 4 is 41.1 Å². The van der Waals surface area contributed by atoms with Gasteiger partial charge in [0, 0.05) is 43.9 Å². The molecule has 1 aromatic carbocycles. The van der Waals surface area contributed by atoms with Crippen LogP contribution in [0.15, 0.2) is 30.3 Å². The van der Waals surface area contributed by atoms with Gasteiger partial charge in [-0.2, -0.15) is 0 Å². The maximum atomic E-state index is 13.0. The molecule has 2 amide bonds. The maximum absolute atomic E-state index is 13.0. The highest BCUT2D eigenvalue weighted by atomic mass is 35.5. The lowest BCUT2D eigenvalue weighted by Crippen LogP contribution is -2.44. The average Bonchev–Trinajstić information content (AvgIpc) is 3.30. The highest BCUT2D eigenvalue weighted by Gasteiger charge is 2.42. The van der Waals surface area contributed by atoms with E-state index in [4.69, 9.17) is 37.4 Å². The molecule has 0 unspecified atom stereocenters. The van der Waals surface area contributed by atoms with Crippen LogP contribution in [0, 0.1) is 5.41 Å². The Morgan fingerprint density at radius 1 is 0.972 bits per heavy atom. The van der Waals surface area contributed by atoms with Gasteiger partial charge in [0.25, 0.3) is 5.91 Å². The molecule has 36 heavy (non-hydrogen) atoms. The molecular weight excluding hydrogens is 505 g/mol. The molecule has 0 saturated carbocycles. The second-order valence-electron chi connectivity index (χ2n) is 9.06. The fourth-order valence-electron chi connectivity index (χ4n) is 4.90. The minimum Gasteiger partial charge on any atom is -0.493 e. The SMILES string of the molecule is COc1cc(C(=O)N2CCC3(CCN(C(=O)/C=C/c4ccc(OC)c(OC)c4Cl)C3)CC2)cc(Cl)n1. The number of aromatic nitrogens is 1. The summed E-state index contributed by atoms with van der Waals surface area (Å²) in [4.78, 5) is 33.7. The first-order valence-electron chi connectivity index (χ1n) is 11.7. The lowest BCUT2D eigenvalue weighted by Gasteiger charge is -2.39. The molecule has 1 aromatic heterocycles. The van der Waals surface area contributed by atoms with E-state index in [9.17, 15) is 9.59 Å². The third-order valence-corrected chi connectivity index (χ3v) is 7.59. The van der Waals surface area contributed by atoms with Gasteiger partial charge >= 0.3 is 0 Å². The highest BCUT2D eigenvalue weighted by Crippen LogP contribution is 2.41. The Kier molecular flexibility index (Phi) is 7.95. The van der Waals surface area contributed by atoms with Gasteiger partial charge in [0.05, 0.1) is 26.4 Å². The van der Waals surface area contributed by atoms with Crippen LogP contribution in [-0.4, -0.2) is 74.1 Å². The van der Waals surface area contributed by atoms with Crippen molar-refractivity contribution in [2.75, 3.05) is 47.5 Å². The number of hydrogen-bond donors (Lipinski definition) is 0. The summed E-state index contributed by atoms with van der Waals surface area (Å²) in [6, 6.07) is 6.71. The first-order valence-corrected chi connectivity index (χ1v) is 12.4. The number of ether oxygens (including phenoxy) is 3. The number of benzene rings is 1. The number of rotatable bonds is 6. The summed E-state index contributed by atoms with van der Waals surface area (Å²) in [6.07, 6.45) is 5.84. The summed E-state index contributed by atoms with van der Waals surface area (Å²) in [5, 5.41) is 0.613.